The molecule has 0 bridgehead atoms. The third-order valence-corrected chi connectivity index (χ3v) is 6.57. The summed E-state index contributed by atoms with van der Waals surface area (Å²) < 4.78 is 12.5. The first-order valence-corrected chi connectivity index (χ1v) is 12.7. The summed E-state index contributed by atoms with van der Waals surface area (Å²) in [5.74, 6) is 1.31. The molecule has 36 heavy (non-hydrogen) atoms. The highest BCUT2D eigenvalue weighted by Crippen LogP contribution is 2.23. The number of aliphatic hydroxyl groups is 1. The molecule has 10 heteroatoms. The molecular weight excluding hydrogens is 460 g/mol. The van der Waals surface area contributed by atoms with Gasteiger partial charge in [-0.15, -0.1) is 0 Å². The van der Waals surface area contributed by atoms with Crippen LogP contribution in [0.5, 0.6) is 5.88 Å². The zero-order valence-corrected chi connectivity index (χ0v) is 21.2. The van der Waals surface area contributed by atoms with E-state index in [1.165, 1.54) is 0 Å². The molecule has 194 valence electrons. The molecule has 1 fully saturated rings. The molecule has 0 aliphatic carbocycles. The van der Waals surface area contributed by atoms with Gasteiger partial charge < -0.3 is 24.8 Å². The number of nitrogens with zero attached hydrogens (tertiary/aromatic N) is 5. The van der Waals surface area contributed by atoms with Crippen LogP contribution in [0.1, 0.15) is 26.2 Å². The first-order valence-electron chi connectivity index (χ1n) is 12.7. The van der Waals surface area contributed by atoms with Gasteiger partial charge in [0.15, 0.2) is 11.5 Å². The summed E-state index contributed by atoms with van der Waals surface area (Å²) in [5, 5.41) is 12.5. The van der Waals surface area contributed by atoms with Gasteiger partial charge in [0.05, 0.1) is 25.8 Å². The molecule has 0 atom stereocenters. The van der Waals surface area contributed by atoms with Crippen LogP contribution in [-0.2, 0) is 11.3 Å². The van der Waals surface area contributed by atoms with Gasteiger partial charge in [0.1, 0.15) is 0 Å². The molecule has 0 radical (unpaired) electrons. The topological polar surface area (TPSA) is 115 Å². The molecular formula is C26H36N6O4. The van der Waals surface area contributed by atoms with Crippen LogP contribution in [0, 0.1) is 5.92 Å². The zero-order valence-electron chi connectivity index (χ0n) is 21.2. The Labute approximate surface area is 211 Å². The minimum atomic E-state index is -0.174. The number of likely N-dealkylation sites (tertiary alicyclic amines) is 1. The number of aliphatic hydroxyl groups excluding tert-OH is 1. The molecule has 3 aromatic heterocycles. The van der Waals surface area contributed by atoms with Crippen LogP contribution in [-0.4, -0.2) is 82.6 Å². The van der Waals surface area contributed by atoms with Gasteiger partial charge in [0.25, 0.3) is 5.56 Å². The van der Waals surface area contributed by atoms with E-state index in [9.17, 15) is 4.79 Å². The minimum absolute atomic E-state index is 0.174. The van der Waals surface area contributed by atoms with E-state index in [4.69, 9.17) is 14.6 Å². The van der Waals surface area contributed by atoms with Gasteiger partial charge >= 0.3 is 0 Å². The molecule has 2 N–H and O–H groups in total. The molecule has 1 aliphatic heterocycles. The number of hydrogen-bond donors (Lipinski definition) is 2. The van der Waals surface area contributed by atoms with Crippen molar-refractivity contribution in [3.63, 3.8) is 0 Å². The van der Waals surface area contributed by atoms with E-state index in [2.05, 4.69) is 32.1 Å². The minimum Gasteiger partial charge on any atom is -0.481 e. The smallest absolute Gasteiger partial charge is 0.293 e. The van der Waals surface area contributed by atoms with Gasteiger partial charge in [-0.3, -0.25) is 9.36 Å². The fraction of sp³-hybridized carbons (Fsp3) is 0.538. The Morgan fingerprint density at radius 1 is 1.11 bits per heavy atom. The number of β-amino-alcohol motifs (C(OH)–C–C–N with tert-alkyl or cyclic N) is 1. The molecule has 3 aromatic rings. The SMILES string of the molecule is CCCOCCn1c(=O)c(NCC2CCN(CCO)CC2)nc2ncc(-c3ccc(OC)nc3)cc21. The standard InChI is InChI=1S/C26H36N6O4/c1-3-13-36-14-11-32-22-15-21(20-4-5-23(35-2)27-17-20)18-29-24(22)30-25(26(32)34)28-16-19-6-8-31(9-7-19)10-12-33/h4-5,15,17-19,33H,3,6-14,16H2,1-2H3,(H,28,29,30). The number of nitrogens with one attached hydrogen (secondary N) is 1. The van der Waals surface area contributed by atoms with Crippen LogP contribution in [0.15, 0.2) is 35.4 Å². The highest BCUT2D eigenvalue weighted by Gasteiger charge is 2.20. The Morgan fingerprint density at radius 3 is 2.61 bits per heavy atom. The highest BCUT2D eigenvalue weighted by atomic mass is 16.5. The maximum Gasteiger partial charge on any atom is 0.293 e. The average Bonchev–Trinajstić information content (AvgIpc) is 2.92. The van der Waals surface area contributed by atoms with Gasteiger partial charge in [0.2, 0.25) is 5.88 Å². The van der Waals surface area contributed by atoms with Gasteiger partial charge in [0, 0.05) is 55.8 Å². The second kappa shape index (κ2) is 12.8. The molecule has 0 saturated carbocycles. The van der Waals surface area contributed by atoms with E-state index in [-0.39, 0.29) is 12.2 Å². The van der Waals surface area contributed by atoms with Crippen LogP contribution in [0.3, 0.4) is 0 Å². The number of pyridine rings is 2. The van der Waals surface area contributed by atoms with Crippen molar-refractivity contribution in [2.45, 2.75) is 32.7 Å². The molecule has 4 heterocycles. The lowest BCUT2D eigenvalue weighted by molar-refractivity contribution is 0.127. The fourth-order valence-electron chi connectivity index (χ4n) is 4.49. The van der Waals surface area contributed by atoms with E-state index in [0.29, 0.717) is 55.1 Å². The van der Waals surface area contributed by atoms with E-state index in [0.717, 1.165) is 50.0 Å². The summed E-state index contributed by atoms with van der Waals surface area (Å²) in [6.45, 7) is 7.07. The van der Waals surface area contributed by atoms with Crippen molar-refractivity contribution in [1.82, 2.24) is 24.4 Å². The third-order valence-electron chi connectivity index (χ3n) is 6.57. The predicted molar refractivity (Wildman–Crippen MR) is 139 cm³/mol. The molecule has 0 aromatic carbocycles. The Balaban J connectivity index is 1.58. The summed E-state index contributed by atoms with van der Waals surface area (Å²) in [6.07, 6.45) is 6.45. The number of fused-ring (bicyclic) bond motifs is 1. The summed E-state index contributed by atoms with van der Waals surface area (Å²) in [6, 6.07) is 5.64. The molecule has 1 aliphatic rings. The van der Waals surface area contributed by atoms with Crippen molar-refractivity contribution in [3.8, 4) is 17.0 Å². The van der Waals surface area contributed by atoms with Crippen LogP contribution in [0.2, 0.25) is 0 Å². The van der Waals surface area contributed by atoms with Gasteiger partial charge in [-0.05, 0) is 50.4 Å². The Morgan fingerprint density at radius 2 is 1.92 bits per heavy atom. The molecule has 10 nitrogen and oxygen atoms in total. The lowest BCUT2D eigenvalue weighted by Gasteiger charge is -2.31. The Hall–Kier alpha value is -3.08. The molecule has 1 saturated heterocycles. The number of methoxy groups -OCH3 is 1. The van der Waals surface area contributed by atoms with Crippen LogP contribution >= 0.6 is 0 Å². The fourth-order valence-corrected chi connectivity index (χ4v) is 4.49. The first kappa shape index (κ1) is 26.0. The number of aromatic nitrogens is 4. The maximum atomic E-state index is 13.5. The Kier molecular flexibility index (Phi) is 9.21. The van der Waals surface area contributed by atoms with Gasteiger partial charge in [-0.1, -0.05) is 6.92 Å². The van der Waals surface area contributed by atoms with E-state index in [1.54, 1.807) is 30.1 Å². The van der Waals surface area contributed by atoms with Crippen LogP contribution in [0.4, 0.5) is 5.82 Å². The highest BCUT2D eigenvalue weighted by molar-refractivity contribution is 5.78. The first-order chi connectivity index (χ1) is 17.6. The second-order valence-electron chi connectivity index (χ2n) is 9.08. The molecule has 0 spiro atoms. The van der Waals surface area contributed by atoms with E-state index < -0.39 is 0 Å². The maximum absolute atomic E-state index is 13.5. The number of ether oxygens (including phenoxy) is 2. The van der Waals surface area contributed by atoms with Crippen LogP contribution in [0.25, 0.3) is 22.3 Å². The van der Waals surface area contributed by atoms with Crippen molar-refractivity contribution in [2.24, 2.45) is 5.92 Å². The predicted octanol–water partition coefficient (Wildman–Crippen LogP) is 2.40. The number of rotatable bonds is 12. The number of piperidine rings is 1. The lowest BCUT2D eigenvalue weighted by Crippen LogP contribution is -2.38. The summed E-state index contributed by atoms with van der Waals surface area (Å²) in [7, 11) is 1.58. The van der Waals surface area contributed by atoms with Crippen molar-refractivity contribution >= 4 is 17.0 Å². The number of anilines is 1. The summed E-state index contributed by atoms with van der Waals surface area (Å²) >= 11 is 0. The normalized spacial score (nSPS) is 14.9. The van der Waals surface area contributed by atoms with Crippen molar-refractivity contribution in [1.29, 1.82) is 0 Å². The van der Waals surface area contributed by atoms with Crippen molar-refractivity contribution < 1.29 is 14.6 Å². The lowest BCUT2D eigenvalue weighted by atomic mass is 9.97. The molecule has 4 rings (SSSR count). The largest absolute Gasteiger partial charge is 0.481 e. The quantitative estimate of drug-likeness (QED) is 0.365. The van der Waals surface area contributed by atoms with E-state index >= 15 is 0 Å². The zero-order chi connectivity index (χ0) is 25.3. The second-order valence-corrected chi connectivity index (χ2v) is 9.08. The number of hydrogen-bond acceptors (Lipinski definition) is 9. The summed E-state index contributed by atoms with van der Waals surface area (Å²) in [4.78, 5) is 29.2. The van der Waals surface area contributed by atoms with Crippen molar-refractivity contribution in [2.75, 3.05) is 58.4 Å². The molecule has 0 unspecified atom stereocenters. The Bertz CT molecular complexity index is 1180. The van der Waals surface area contributed by atoms with Crippen LogP contribution < -0.4 is 15.6 Å². The third kappa shape index (κ3) is 6.37. The van der Waals surface area contributed by atoms with E-state index in [1.807, 2.05) is 12.1 Å². The van der Waals surface area contributed by atoms with Gasteiger partial charge in [-0.2, -0.15) is 0 Å². The van der Waals surface area contributed by atoms with Crippen molar-refractivity contribution in [3.05, 3.63) is 40.9 Å². The monoisotopic (exact) mass is 496 g/mol. The molecule has 0 amide bonds. The summed E-state index contributed by atoms with van der Waals surface area (Å²) in [5.41, 5.74) is 2.72. The van der Waals surface area contributed by atoms with Gasteiger partial charge in [-0.25, -0.2) is 15.0 Å². The average molecular weight is 497 g/mol.